The first-order chi connectivity index (χ1) is 5.61. The predicted octanol–water partition coefficient (Wildman–Crippen LogP) is -0.294. The Morgan fingerprint density at radius 2 is 2.50 bits per heavy atom. The van der Waals surface area contributed by atoms with Gasteiger partial charge >= 0.3 is 0 Å². The van der Waals surface area contributed by atoms with Gasteiger partial charge in [-0.2, -0.15) is 0 Å². The molecule has 1 aromatic heterocycles. The summed E-state index contributed by atoms with van der Waals surface area (Å²) in [5.41, 5.74) is 5.06. The maximum Gasteiger partial charge on any atom is 0.239 e. The molecule has 0 bridgehead atoms. The van der Waals surface area contributed by atoms with E-state index in [4.69, 9.17) is 5.73 Å². The van der Waals surface area contributed by atoms with Gasteiger partial charge in [0.15, 0.2) is 0 Å². The molecule has 1 atom stereocenters. The highest BCUT2D eigenvalue weighted by Crippen LogP contribution is 2.02. The lowest BCUT2D eigenvalue weighted by atomic mass is 10.3. The monoisotopic (exact) mass is 168 g/mol. The van der Waals surface area contributed by atoms with Crippen molar-refractivity contribution in [2.24, 2.45) is 12.8 Å². The summed E-state index contributed by atoms with van der Waals surface area (Å²) in [6.07, 6.45) is 3.44. The van der Waals surface area contributed by atoms with Crippen LogP contribution in [-0.4, -0.2) is 21.5 Å². The number of nitrogens with one attached hydrogen (secondary N) is 1. The number of nitrogens with two attached hydrogens (primary N) is 1. The summed E-state index contributed by atoms with van der Waals surface area (Å²) >= 11 is 0. The molecule has 0 spiro atoms. The van der Waals surface area contributed by atoms with E-state index in [9.17, 15) is 4.79 Å². The van der Waals surface area contributed by atoms with Gasteiger partial charge in [-0.25, -0.2) is 4.98 Å². The summed E-state index contributed by atoms with van der Waals surface area (Å²) in [6.45, 7) is 1.69. The molecule has 0 aliphatic rings. The van der Waals surface area contributed by atoms with Crippen LogP contribution in [-0.2, 0) is 11.8 Å². The molecular formula is C7H12N4O. The molecule has 5 heteroatoms. The number of hydrogen-bond donors (Lipinski definition) is 2. The van der Waals surface area contributed by atoms with Gasteiger partial charge in [-0.3, -0.25) is 4.79 Å². The van der Waals surface area contributed by atoms with E-state index in [1.807, 2.05) is 7.05 Å². The fourth-order valence-corrected chi connectivity index (χ4v) is 0.769. The van der Waals surface area contributed by atoms with Crippen LogP contribution in [0.25, 0.3) is 0 Å². The molecule has 66 valence electrons. The van der Waals surface area contributed by atoms with Gasteiger partial charge in [0, 0.05) is 19.4 Å². The predicted molar refractivity (Wildman–Crippen MR) is 45.5 cm³/mol. The van der Waals surface area contributed by atoms with Crippen molar-refractivity contribution >= 4 is 11.9 Å². The minimum absolute atomic E-state index is 0.391. The highest BCUT2D eigenvalue weighted by molar-refractivity contribution is 5.81. The molecule has 0 aromatic carbocycles. The number of imidazole rings is 1. The Morgan fingerprint density at radius 3 is 2.92 bits per heavy atom. The molecule has 0 saturated heterocycles. The van der Waals surface area contributed by atoms with Crippen molar-refractivity contribution in [3.63, 3.8) is 0 Å². The van der Waals surface area contributed by atoms with Crippen molar-refractivity contribution in [3.8, 4) is 0 Å². The summed E-state index contributed by atoms with van der Waals surface area (Å²) < 4.78 is 1.78. The van der Waals surface area contributed by atoms with Crippen molar-refractivity contribution in [2.75, 3.05) is 5.32 Å². The molecule has 5 nitrogen and oxygen atoms in total. The Morgan fingerprint density at radius 1 is 1.83 bits per heavy atom. The summed E-state index contributed by atoms with van der Waals surface area (Å²) in [5, 5.41) is 2.87. The summed E-state index contributed by atoms with van der Waals surface area (Å²) in [5.74, 6) is 0.249. The van der Waals surface area contributed by atoms with E-state index in [0.717, 1.165) is 0 Å². The maximum atomic E-state index is 10.7. The Bertz CT molecular complexity index is 281. The zero-order valence-electron chi connectivity index (χ0n) is 7.11. The van der Waals surface area contributed by atoms with Crippen LogP contribution < -0.4 is 11.1 Å². The van der Waals surface area contributed by atoms with Crippen LogP contribution in [0.5, 0.6) is 0 Å². The summed E-state index contributed by atoms with van der Waals surface area (Å²) in [7, 11) is 1.84. The highest BCUT2D eigenvalue weighted by atomic mass is 16.1. The third kappa shape index (κ3) is 1.75. The second-order valence-electron chi connectivity index (χ2n) is 2.63. The molecule has 3 N–H and O–H groups in total. The largest absolute Gasteiger partial charge is 0.368 e. The van der Waals surface area contributed by atoms with Crippen molar-refractivity contribution < 1.29 is 4.79 Å². The van der Waals surface area contributed by atoms with E-state index in [0.29, 0.717) is 5.95 Å². The Balaban J connectivity index is 2.64. The lowest BCUT2D eigenvalue weighted by molar-refractivity contribution is -0.118. The number of hydrogen-bond acceptors (Lipinski definition) is 3. The molecule has 0 radical (unpaired) electrons. The lowest BCUT2D eigenvalue weighted by Crippen LogP contribution is -2.33. The molecule has 0 fully saturated rings. The van der Waals surface area contributed by atoms with Crippen LogP contribution in [0.4, 0.5) is 5.95 Å². The fraction of sp³-hybridized carbons (Fsp3) is 0.429. The molecule has 1 amide bonds. The first kappa shape index (κ1) is 8.58. The van der Waals surface area contributed by atoms with Gasteiger partial charge in [0.2, 0.25) is 11.9 Å². The van der Waals surface area contributed by atoms with Crippen molar-refractivity contribution in [2.45, 2.75) is 13.0 Å². The second kappa shape index (κ2) is 3.25. The third-order valence-electron chi connectivity index (χ3n) is 1.59. The molecule has 0 aliphatic heterocycles. The molecule has 1 aromatic rings. The number of anilines is 1. The van der Waals surface area contributed by atoms with Crippen molar-refractivity contribution in [1.82, 2.24) is 9.55 Å². The van der Waals surface area contributed by atoms with Crippen LogP contribution in [0.3, 0.4) is 0 Å². The van der Waals surface area contributed by atoms with Gasteiger partial charge in [-0.05, 0) is 6.92 Å². The van der Waals surface area contributed by atoms with E-state index >= 15 is 0 Å². The quantitative estimate of drug-likeness (QED) is 0.651. The molecule has 0 saturated carbocycles. The van der Waals surface area contributed by atoms with Crippen LogP contribution in [0.2, 0.25) is 0 Å². The molecule has 12 heavy (non-hydrogen) atoms. The minimum atomic E-state index is -0.397. The molecule has 1 rings (SSSR count). The van der Waals surface area contributed by atoms with Gasteiger partial charge in [0.25, 0.3) is 0 Å². The number of carbonyl (C=O) groups is 1. The number of aryl methyl sites for hydroxylation is 1. The number of carbonyl (C=O) groups excluding carboxylic acids is 1. The standard InChI is InChI=1S/C7H12N4O/c1-5(6(8)12)10-7-9-3-4-11(7)2/h3-5H,1-2H3,(H2,8,12)(H,9,10). The van der Waals surface area contributed by atoms with E-state index in [1.54, 1.807) is 23.9 Å². The van der Waals surface area contributed by atoms with Gasteiger partial charge in [0.1, 0.15) is 6.04 Å². The maximum absolute atomic E-state index is 10.7. The molecule has 1 unspecified atom stereocenters. The second-order valence-corrected chi connectivity index (χ2v) is 2.63. The number of nitrogens with zero attached hydrogens (tertiary/aromatic N) is 2. The van der Waals surface area contributed by atoms with Gasteiger partial charge in [-0.15, -0.1) is 0 Å². The number of primary amides is 1. The zero-order chi connectivity index (χ0) is 9.14. The molecule has 1 heterocycles. The van der Waals surface area contributed by atoms with Crippen molar-refractivity contribution in [3.05, 3.63) is 12.4 Å². The van der Waals surface area contributed by atoms with Gasteiger partial charge in [0.05, 0.1) is 0 Å². The van der Waals surface area contributed by atoms with Crippen LogP contribution in [0.15, 0.2) is 12.4 Å². The van der Waals surface area contributed by atoms with Gasteiger partial charge < -0.3 is 15.6 Å². The SMILES string of the molecule is CC(Nc1nccn1C)C(N)=O. The first-order valence-corrected chi connectivity index (χ1v) is 3.64. The zero-order valence-corrected chi connectivity index (χ0v) is 7.11. The van der Waals surface area contributed by atoms with Crippen LogP contribution >= 0.6 is 0 Å². The number of amides is 1. The fourth-order valence-electron chi connectivity index (χ4n) is 0.769. The topological polar surface area (TPSA) is 72.9 Å². The average molecular weight is 168 g/mol. The Labute approximate surface area is 70.6 Å². The number of rotatable bonds is 3. The third-order valence-corrected chi connectivity index (χ3v) is 1.59. The summed E-state index contributed by atoms with van der Waals surface area (Å²) in [4.78, 5) is 14.6. The van der Waals surface area contributed by atoms with E-state index < -0.39 is 11.9 Å². The van der Waals surface area contributed by atoms with Gasteiger partial charge in [-0.1, -0.05) is 0 Å². The van der Waals surface area contributed by atoms with E-state index in [-0.39, 0.29) is 0 Å². The molecule has 0 aliphatic carbocycles. The average Bonchev–Trinajstić information content (AvgIpc) is 2.36. The summed E-state index contributed by atoms with van der Waals surface area (Å²) in [6, 6.07) is -0.397. The first-order valence-electron chi connectivity index (χ1n) is 3.64. The van der Waals surface area contributed by atoms with Crippen LogP contribution in [0.1, 0.15) is 6.92 Å². The lowest BCUT2D eigenvalue weighted by Gasteiger charge is -2.10. The smallest absolute Gasteiger partial charge is 0.239 e. The number of aromatic nitrogens is 2. The Kier molecular flexibility index (Phi) is 2.32. The van der Waals surface area contributed by atoms with E-state index in [2.05, 4.69) is 10.3 Å². The van der Waals surface area contributed by atoms with Crippen LogP contribution in [0, 0.1) is 0 Å². The Hall–Kier alpha value is -1.52. The highest BCUT2D eigenvalue weighted by Gasteiger charge is 2.09. The molecular weight excluding hydrogens is 156 g/mol. The normalized spacial score (nSPS) is 12.5. The minimum Gasteiger partial charge on any atom is -0.368 e. The van der Waals surface area contributed by atoms with Crippen molar-refractivity contribution in [1.29, 1.82) is 0 Å². The van der Waals surface area contributed by atoms with E-state index in [1.165, 1.54) is 0 Å².